The van der Waals surface area contributed by atoms with Crippen LogP contribution in [0.1, 0.15) is 46.6 Å². The zero-order valence-electron chi connectivity index (χ0n) is 22.4. The summed E-state index contributed by atoms with van der Waals surface area (Å²) in [5.41, 5.74) is 13.1. The Morgan fingerprint density at radius 1 is 1.05 bits per heavy atom. The molecule has 0 spiro atoms. The second-order valence-corrected chi connectivity index (χ2v) is 10.0. The molecule has 0 fully saturated rings. The van der Waals surface area contributed by atoms with Gasteiger partial charge in [-0.1, -0.05) is 13.0 Å². The minimum atomic E-state index is -0.118. The van der Waals surface area contributed by atoms with Crippen LogP contribution in [-0.4, -0.2) is 40.2 Å². The van der Waals surface area contributed by atoms with Crippen molar-refractivity contribution in [1.29, 1.82) is 0 Å². The lowest BCUT2D eigenvalue weighted by atomic mass is 10.1. The molecule has 1 amide bonds. The van der Waals surface area contributed by atoms with Crippen LogP contribution in [0.3, 0.4) is 0 Å². The number of nitrogen functional groups attached to an aromatic ring is 1. The molecule has 5 aromatic heterocycles. The van der Waals surface area contributed by atoms with Crippen LogP contribution in [0.5, 0.6) is 0 Å². The summed E-state index contributed by atoms with van der Waals surface area (Å²) in [4.78, 5) is 31.5. The number of rotatable bonds is 6. The van der Waals surface area contributed by atoms with E-state index < -0.39 is 0 Å². The van der Waals surface area contributed by atoms with Crippen LogP contribution in [0, 0.1) is 0 Å². The summed E-state index contributed by atoms with van der Waals surface area (Å²) in [5, 5.41) is 7.54. The number of aromatic nitrogens is 7. The highest BCUT2D eigenvalue weighted by Crippen LogP contribution is 2.36. The monoisotopic (exact) mass is 541 g/mol. The first-order valence-electron chi connectivity index (χ1n) is 13.6. The third-order valence-electron chi connectivity index (χ3n) is 7.53. The molecule has 0 radical (unpaired) electrons. The van der Waals surface area contributed by atoms with Crippen LogP contribution in [0.4, 0.5) is 5.82 Å². The van der Waals surface area contributed by atoms with Crippen molar-refractivity contribution in [3.8, 4) is 22.9 Å². The molecular formula is C31H27N9O. The maximum Gasteiger partial charge on any atom is 0.253 e. The van der Waals surface area contributed by atoms with Crippen molar-refractivity contribution in [2.45, 2.75) is 32.2 Å². The summed E-state index contributed by atoms with van der Waals surface area (Å²) in [6.45, 7) is 2.04. The normalized spacial score (nSPS) is 14.3. The lowest BCUT2D eigenvalue weighted by molar-refractivity contribution is 0.0936. The minimum Gasteiger partial charge on any atom is -0.383 e. The van der Waals surface area contributed by atoms with Crippen molar-refractivity contribution in [3.63, 3.8) is 0 Å². The summed E-state index contributed by atoms with van der Waals surface area (Å²) in [6, 6.07) is 19.4. The number of hydrogen-bond acceptors (Lipinski definition) is 7. The number of nitrogens with one attached hydrogen (secondary N) is 1. The van der Waals surface area contributed by atoms with Gasteiger partial charge >= 0.3 is 0 Å². The second kappa shape index (κ2) is 9.98. The van der Waals surface area contributed by atoms with Crippen LogP contribution in [0.25, 0.3) is 34.1 Å². The third kappa shape index (κ3) is 4.39. The molecule has 202 valence electrons. The van der Waals surface area contributed by atoms with E-state index in [-0.39, 0.29) is 11.9 Å². The van der Waals surface area contributed by atoms with Gasteiger partial charge in [0.2, 0.25) is 0 Å². The molecule has 5 heterocycles. The molecule has 1 aliphatic rings. The van der Waals surface area contributed by atoms with Crippen molar-refractivity contribution in [1.82, 2.24) is 39.6 Å². The maximum absolute atomic E-state index is 13.0. The quantitative estimate of drug-likeness (QED) is 0.315. The van der Waals surface area contributed by atoms with Gasteiger partial charge in [-0.25, -0.2) is 19.6 Å². The van der Waals surface area contributed by atoms with Gasteiger partial charge in [0.25, 0.3) is 5.91 Å². The Balaban J connectivity index is 1.28. The summed E-state index contributed by atoms with van der Waals surface area (Å²) in [7, 11) is 0. The Hall–Kier alpha value is -5.38. The van der Waals surface area contributed by atoms with E-state index in [0.717, 1.165) is 47.3 Å². The van der Waals surface area contributed by atoms with Gasteiger partial charge in [-0.3, -0.25) is 14.3 Å². The van der Waals surface area contributed by atoms with Crippen LogP contribution in [0.15, 0.2) is 85.5 Å². The molecule has 1 atom stereocenters. The molecule has 10 nitrogen and oxygen atoms in total. The number of aryl methyl sites for hydroxylation is 2. The van der Waals surface area contributed by atoms with Gasteiger partial charge in [0.15, 0.2) is 17.3 Å². The van der Waals surface area contributed by atoms with E-state index in [1.807, 2.05) is 66.2 Å². The van der Waals surface area contributed by atoms with Crippen molar-refractivity contribution < 1.29 is 4.79 Å². The van der Waals surface area contributed by atoms with Gasteiger partial charge in [0, 0.05) is 36.2 Å². The first-order chi connectivity index (χ1) is 20.1. The molecule has 41 heavy (non-hydrogen) atoms. The number of carbonyl (C=O) groups excluding carboxylic acids is 1. The third-order valence-corrected chi connectivity index (χ3v) is 7.53. The van der Waals surface area contributed by atoms with Gasteiger partial charge in [0.1, 0.15) is 11.3 Å². The van der Waals surface area contributed by atoms with Crippen LogP contribution in [-0.2, 0) is 12.8 Å². The molecule has 0 aliphatic heterocycles. The van der Waals surface area contributed by atoms with E-state index in [4.69, 9.17) is 15.7 Å². The number of benzene rings is 1. The fraction of sp³-hybridized carbons (Fsp3) is 0.161. The van der Waals surface area contributed by atoms with Crippen LogP contribution < -0.4 is 11.1 Å². The van der Waals surface area contributed by atoms with Gasteiger partial charge in [0.05, 0.1) is 17.2 Å². The molecule has 7 rings (SSSR count). The summed E-state index contributed by atoms with van der Waals surface area (Å²) >= 11 is 0. The Bertz CT molecular complexity index is 1890. The van der Waals surface area contributed by atoms with Crippen molar-refractivity contribution in [2.24, 2.45) is 0 Å². The average molecular weight is 542 g/mol. The van der Waals surface area contributed by atoms with Gasteiger partial charge < -0.3 is 11.1 Å². The lowest BCUT2D eigenvalue weighted by Gasteiger charge is -2.16. The van der Waals surface area contributed by atoms with Crippen molar-refractivity contribution >= 4 is 22.9 Å². The fourth-order valence-electron chi connectivity index (χ4n) is 5.41. The fourth-order valence-corrected chi connectivity index (χ4v) is 5.41. The van der Waals surface area contributed by atoms with Crippen molar-refractivity contribution in [2.75, 3.05) is 5.73 Å². The number of nitrogens with two attached hydrogens (primary N) is 1. The Morgan fingerprint density at radius 2 is 1.98 bits per heavy atom. The highest BCUT2D eigenvalue weighted by atomic mass is 16.1. The highest BCUT2D eigenvalue weighted by molar-refractivity contribution is 5.94. The van der Waals surface area contributed by atoms with E-state index in [9.17, 15) is 4.79 Å². The Morgan fingerprint density at radius 3 is 2.76 bits per heavy atom. The summed E-state index contributed by atoms with van der Waals surface area (Å²) < 4.78 is 3.74. The highest BCUT2D eigenvalue weighted by Gasteiger charge is 2.26. The standard InChI is InChI=1S/C31H27N9O/c1-2-21-8-6-20(18-34-21)31(41)37-25-11-7-19-17-22(9-10-23(19)25)40-29(24-5-3-14-33-28(24)32)36-26-12-13-27(38-30(26)40)39-16-4-15-35-39/h3-6,8-10,12-18,25H,2,7,11H2,1H3,(H2,32,33)(H,37,41)/t25-/m0/s1. The molecule has 0 saturated carbocycles. The lowest BCUT2D eigenvalue weighted by Crippen LogP contribution is -2.27. The van der Waals surface area contributed by atoms with Crippen LogP contribution >= 0.6 is 0 Å². The number of nitrogens with zero attached hydrogens (tertiary/aromatic N) is 7. The molecule has 1 aliphatic carbocycles. The number of amides is 1. The summed E-state index contributed by atoms with van der Waals surface area (Å²) in [5.74, 6) is 1.61. The van der Waals surface area contributed by atoms with Gasteiger partial charge in [-0.05, 0) is 85.0 Å². The first kappa shape index (κ1) is 24.6. The number of carbonyl (C=O) groups is 1. The molecule has 1 aromatic carbocycles. The van der Waals surface area contributed by atoms with E-state index in [1.54, 1.807) is 23.3 Å². The largest absolute Gasteiger partial charge is 0.383 e. The number of anilines is 1. The number of fused-ring (bicyclic) bond motifs is 2. The number of hydrogen-bond donors (Lipinski definition) is 2. The summed E-state index contributed by atoms with van der Waals surface area (Å²) in [6.07, 6.45) is 9.38. The van der Waals surface area contributed by atoms with E-state index in [1.165, 1.54) is 5.56 Å². The van der Waals surface area contributed by atoms with Gasteiger partial charge in [-0.2, -0.15) is 5.10 Å². The average Bonchev–Trinajstić information content (AvgIpc) is 3.76. The van der Waals surface area contributed by atoms with Crippen LogP contribution in [0.2, 0.25) is 0 Å². The first-order valence-corrected chi connectivity index (χ1v) is 13.6. The molecule has 0 saturated heterocycles. The predicted octanol–water partition coefficient (Wildman–Crippen LogP) is 4.63. The second-order valence-electron chi connectivity index (χ2n) is 10.0. The zero-order valence-corrected chi connectivity index (χ0v) is 22.4. The molecule has 0 bridgehead atoms. The number of pyridine rings is 3. The minimum absolute atomic E-state index is 0.0742. The van der Waals surface area contributed by atoms with Crippen molar-refractivity contribution in [3.05, 3.63) is 108 Å². The molecule has 6 aromatic rings. The molecular weight excluding hydrogens is 514 g/mol. The zero-order chi connectivity index (χ0) is 27.9. The number of imidazole rings is 1. The predicted molar refractivity (Wildman–Crippen MR) is 156 cm³/mol. The topological polar surface area (TPSA) is 129 Å². The maximum atomic E-state index is 13.0. The Kier molecular flexibility index (Phi) is 6.00. The van der Waals surface area contributed by atoms with E-state index in [2.05, 4.69) is 32.5 Å². The SMILES string of the molecule is CCc1ccc(C(=O)N[C@H]2CCc3cc(-n4c(-c5cccnc5N)nc5ccc(-n6cccn6)nc54)ccc32)cn1. The molecule has 0 unspecified atom stereocenters. The van der Waals surface area contributed by atoms with E-state index >= 15 is 0 Å². The Labute approximate surface area is 235 Å². The molecule has 3 N–H and O–H groups in total. The smallest absolute Gasteiger partial charge is 0.253 e. The van der Waals surface area contributed by atoms with Gasteiger partial charge in [-0.15, -0.1) is 0 Å². The van der Waals surface area contributed by atoms with E-state index in [0.29, 0.717) is 28.7 Å². The molecule has 10 heteroatoms.